The Morgan fingerprint density at radius 2 is 1.85 bits per heavy atom. The molecule has 2 aromatic carbocycles. The zero-order valence-corrected chi connectivity index (χ0v) is 16.3. The van der Waals surface area contributed by atoms with E-state index < -0.39 is 22.0 Å². The van der Waals surface area contributed by atoms with Crippen LogP contribution in [0, 0.1) is 5.92 Å². The van der Waals surface area contributed by atoms with E-state index in [0.29, 0.717) is 12.2 Å². The van der Waals surface area contributed by atoms with Crippen LogP contribution in [0.25, 0.3) is 0 Å². The molecule has 2 N–H and O–H groups in total. The smallest absolute Gasteiger partial charge is 0.306 e. The number of benzene rings is 2. The maximum Gasteiger partial charge on any atom is 0.306 e. The number of carboxylic acid groups (broad SMARTS) is 1. The first kappa shape index (κ1) is 20.8. The van der Waals surface area contributed by atoms with E-state index in [-0.39, 0.29) is 0 Å². The molecule has 0 heterocycles. The third-order valence-electron chi connectivity index (χ3n) is 4.03. The molecule has 0 spiro atoms. The Labute approximate surface area is 160 Å². The van der Waals surface area contributed by atoms with Crippen LogP contribution < -0.4 is 9.50 Å². The van der Waals surface area contributed by atoms with Crippen molar-refractivity contribution >= 4 is 21.8 Å². The summed E-state index contributed by atoms with van der Waals surface area (Å²) in [5, 5.41) is 12.3. The van der Waals surface area contributed by atoms with Gasteiger partial charge in [-0.25, -0.2) is 0 Å². The molecule has 146 valence electrons. The first-order chi connectivity index (χ1) is 12.7. The molecule has 2 rings (SSSR count). The van der Waals surface area contributed by atoms with Crippen LogP contribution in [0.3, 0.4) is 0 Å². The lowest BCUT2D eigenvalue weighted by molar-refractivity contribution is -0.141. The predicted molar refractivity (Wildman–Crippen MR) is 106 cm³/mol. The summed E-state index contributed by atoms with van der Waals surface area (Å²) in [6.45, 7) is 2.46. The van der Waals surface area contributed by atoms with Crippen LogP contribution in [0.15, 0.2) is 48.5 Å². The van der Waals surface area contributed by atoms with E-state index in [1.807, 2.05) is 30.3 Å². The summed E-state index contributed by atoms with van der Waals surface area (Å²) in [5.74, 6) is -0.858. The Bertz CT molecular complexity index is 862. The fraction of sp³-hybridized carbons (Fsp3) is 0.350. The first-order valence-corrected chi connectivity index (χ1v) is 10.6. The van der Waals surface area contributed by atoms with Gasteiger partial charge in [0.25, 0.3) is 0 Å². The maximum atomic E-state index is 11.2. The highest BCUT2D eigenvalue weighted by Crippen LogP contribution is 2.17. The number of aliphatic carboxylic acids is 1. The van der Waals surface area contributed by atoms with E-state index in [2.05, 4.69) is 5.32 Å². The number of carbonyl (C=O) groups is 1. The molecule has 1 unspecified atom stereocenters. The summed E-state index contributed by atoms with van der Waals surface area (Å²) in [7, 11) is -3.52. The van der Waals surface area contributed by atoms with E-state index in [1.165, 1.54) is 0 Å². The van der Waals surface area contributed by atoms with Crippen molar-refractivity contribution in [1.29, 1.82) is 0 Å². The van der Waals surface area contributed by atoms with Crippen LogP contribution in [0.1, 0.15) is 24.5 Å². The Morgan fingerprint density at radius 3 is 2.48 bits per heavy atom. The highest BCUT2D eigenvalue weighted by molar-refractivity contribution is 7.86. The van der Waals surface area contributed by atoms with Gasteiger partial charge in [0, 0.05) is 12.2 Å². The lowest BCUT2D eigenvalue weighted by atomic mass is 10.0. The van der Waals surface area contributed by atoms with Gasteiger partial charge in [0.05, 0.1) is 12.2 Å². The molecule has 0 aliphatic heterocycles. The molecule has 0 aliphatic rings. The molecule has 0 fully saturated rings. The third kappa shape index (κ3) is 7.70. The van der Waals surface area contributed by atoms with Crippen LogP contribution in [-0.4, -0.2) is 32.3 Å². The highest BCUT2D eigenvalue weighted by atomic mass is 32.2. The van der Waals surface area contributed by atoms with Gasteiger partial charge in [-0.2, -0.15) is 8.42 Å². The lowest BCUT2D eigenvalue weighted by Crippen LogP contribution is -2.12. The number of rotatable bonds is 10. The molecule has 0 aliphatic carbocycles. The molecular formula is C20H25NO5S. The quantitative estimate of drug-likeness (QED) is 0.477. The molecule has 0 amide bonds. The molecule has 0 bridgehead atoms. The Kier molecular flexibility index (Phi) is 7.24. The van der Waals surface area contributed by atoms with E-state index in [9.17, 15) is 13.2 Å². The molecule has 2 aromatic rings. The number of aryl methyl sites for hydroxylation is 1. The van der Waals surface area contributed by atoms with Crippen molar-refractivity contribution in [1.82, 2.24) is 0 Å². The van der Waals surface area contributed by atoms with Crippen LogP contribution in [0.2, 0.25) is 0 Å². The van der Waals surface area contributed by atoms with E-state index in [0.717, 1.165) is 42.5 Å². The van der Waals surface area contributed by atoms with Gasteiger partial charge in [0.2, 0.25) is 0 Å². The molecule has 0 saturated carbocycles. The minimum atomic E-state index is -3.52. The molecule has 0 saturated heterocycles. The Hall–Kier alpha value is -2.54. The Morgan fingerprint density at radius 1 is 1.15 bits per heavy atom. The van der Waals surface area contributed by atoms with Gasteiger partial charge in [-0.15, -0.1) is 0 Å². The number of carboxylic acids is 1. The second-order valence-corrected chi connectivity index (χ2v) is 8.18. The molecular weight excluding hydrogens is 366 g/mol. The molecule has 0 radical (unpaired) electrons. The molecule has 27 heavy (non-hydrogen) atoms. The van der Waals surface area contributed by atoms with E-state index in [1.54, 1.807) is 25.1 Å². The largest absolute Gasteiger partial charge is 0.481 e. The van der Waals surface area contributed by atoms with E-state index >= 15 is 0 Å². The van der Waals surface area contributed by atoms with E-state index in [4.69, 9.17) is 9.29 Å². The highest BCUT2D eigenvalue weighted by Gasteiger charge is 2.11. The van der Waals surface area contributed by atoms with Gasteiger partial charge in [0.1, 0.15) is 5.75 Å². The Balaban J connectivity index is 1.78. The number of anilines is 1. The van der Waals surface area contributed by atoms with Crippen LogP contribution in [-0.2, 0) is 27.8 Å². The van der Waals surface area contributed by atoms with Gasteiger partial charge in [0.15, 0.2) is 0 Å². The topological polar surface area (TPSA) is 92.7 Å². The number of nitrogens with one attached hydrogen (secondary N) is 1. The van der Waals surface area contributed by atoms with Gasteiger partial charge in [-0.1, -0.05) is 31.2 Å². The van der Waals surface area contributed by atoms with Gasteiger partial charge < -0.3 is 14.6 Å². The van der Waals surface area contributed by atoms with Crippen molar-refractivity contribution < 1.29 is 22.5 Å². The van der Waals surface area contributed by atoms with Crippen molar-refractivity contribution in [3.05, 3.63) is 59.7 Å². The monoisotopic (exact) mass is 391 g/mol. The third-order valence-corrected chi connectivity index (χ3v) is 4.53. The van der Waals surface area contributed by atoms with Crippen LogP contribution in [0.5, 0.6) is 5.75 Å². The maximum absolute atomic E-state index is 11.2. The summed E-state index contributed by atoms with van der Waals surface area (Å²) >= 11 is 0. The standard InChI is InChI=1S/C20H25NO5S/c1-15(20(22)23)13-17-8-10-18(11-9-17)21-12-4-6-16-5-3-7-19(14-16)26-27(2,24)25/h3,5,7-11,14-15,21H,4,6,12-13H2,1-2H3,(H,22,23). The van der Waals surface area contributed by atoms with Crippen LogP contribution >= 0.6 is 0 Å². The average molecular weight is 391 g/mol. The summed E-state index contributed by atoms with van der Waals surface area (Å²) in [4.78, 5) is 10.9. The fourth-order valence-corrected chi connectivity index (χ4v) is 3.11. The van der Waals surface area contributed by atoms with Crippen molar-refractivity contribution in [2.24, 2.45) is 5.92 Å². The number of hydrogen-bond donors (Lipinski definition) is 2. The lowest BCUT2D eigenvalue weighted by Gasteiger charge is -2.10. The van der Waals surface area contributed by atoms with Gasteiger partial charge >= 0.3 is 16.1 Å². The normalized spacial score (nSPS) is 12.4. The molecule has 6 nitrogen and oxygen atoms in total. The summed E-state index contributed by atoms with van der Waals surface area (Å²) in [6, 6.07) is 14.8. The average Bonchev–Trinajstić information content (AvgIpc) is 2.59. The number of hydrogen-bond acceptors (Lipinski definition) is 5. The van der Waals surface area contributed by atoms with Crippen molar-refractivity contribution in [3.8, 4) is 5.75 Å². The van der Waals surface area contributed by atoms with Crippen LogP contribution in [0.4, 0.5) is 5.69 Å². The van der Waals surface area contributed by atoms with Crippen molar-refractivity contribution in [2.75, 3.05) is 18.1 Å². The summed E-state index contributed by atoms with van der Waals surface area (Å²) in [5.41, 5.74) is 2.99. The van der Waals surface area contributed by atoms with Crippen molar-refractivity contribution in [2.45, 2.75) is 26.2 Å². The zero-order valence-electron chi connectivity index (χ0n) is 15.5. The SMILES string of the molecule is CC(Cc1ccc(NCCCc2cccc(OS(C)(=O)=O)c2)cc1)C(=O)O. The van der Waals surface area contributed by atoms with Crippen molar-refractivity contribution in [3.63, 3.8) is 0 Å². The second kappa shape index (κ2) is 9.41. The second-order valence-electron chi connectivity index (χ2n) is 6.61. The van der Waals surface area contributed by atoms with Gasteiger partial charge in [-0.05, 0) is 54.7 Å². The first-order valence-electron chi connectivity index (χ1n) is 8.77. The minimum absolute atomic E-state index is 0.328. The summed E-state index contributed by atoms with van der Waals surface area (Å²) in [6.07, 6.45) is 3.21. The zero-order chi connectivity index (χ0) is 19.9. The summed E-state index contributed by atoms with van der Waals surface area (Å²) < 4.78 is 27.3. The van der Waals surface area contributed by atoms with Gasteiger partial charge in [-0.3, -0.25) is 4.79 Å². The molecule has 7 heteroatoms. The molecule has 1 atom stereocenters. The predicted octanol–water partition coefficient (Wildman–Crippen LogP) is 3.33. The minimum Gasteiger partial charge on any atom is -0.481 e. The molecule has 0 aromatic heterocycles. The fourth-order valence-electron chi connectivity index (χ4n) is 2.65.